The van der Waals surface area contributed by atoms with E-state index in [2.05, 4.69) is 119 Å². The van der Waals surface area contributed by atoms with E-state index >= 15 is 0 Å². The van der Waals surface area contributed by atoms with Gasteiger partial charge in [-0.2, -0.15) is 0 Å². The normalized spacial score (nSPS) is 11.5. The maximum Gasteiger partial charge on any atom is 0.162 e. The zero-order chi connectivity index (χ0) is 33.7. The van der Waals surface area contributed by atoms with Gasteiger partial charge in [-0.25, -0.2) is 9.97 Å². The number of rotatable bonds is 5. The van der Waals surface area contributed by atoms with Crippen LogP contribution >= 0.6 is 0 Å². The first-order chi connectivity index (χ1) is 25.3. The van der Waals surface area contributed by atoms with Crippen molar-refractivity contribution >= 4 is 43.6 Å². The molecule has 5 heteroatoms. The highest BCUT2D eigenvalue weighted by molar-refractivity contribution is 6.22. The highest BCUT2D eigenvalue weighted by Gasteiger charge is 2.19. The minimum atomic E-state index is 0.803. The molecule has 0 unspecified atom stereocenters. The molecule has 10 aromatic rings. The quantitative estimate of drug-likeness (QED) is 0.185. The molecule has 0 radical (unpaired) electrons. The van der Waals surface area contributed by atoms with Crippen molar-refractivity contribution in [2.75, 3.05) is 0 Å². The summed E-state index contributed by atoms with van der Waals surface area (Å²) in [6.45, 7) is 0. The zero-order valence-electron chi connectivity index (χ0n) is 27.4. The summed E-state index contributed by atoms with van der Waals surface area (Å²) in [6.07, 6.45) is 3.59. The Morgan fingerprint density at radius 1 is 0.412 bits per heavy atom. The second kappa shape index (κ2) is 11.9. The third-order valence-corrected chi connectivity index (χ3v) is 9.59. The Labute approximate surface area is 293 Å². The van der Waals surface area contributed by atoms with Crippen LogP contribution < -0.4 is 0 Å². The Morgan fingerprint density at radius 2 is 1.04 bits per heavy atom. The summed E-state index contributed by atoms with van der Waals surface area (Å²) in [4.78, 5) is 19.4. The standard InChI is InChI=1S/C46H28N4O/c1-2-12-34-31(10-1)11-9-14-35(34)45-46-44(36-13-3-4-17-43(36)51-46)37-26-32(22-23-38(37)50-45)29-18-20-30(21-19-29)33-27-41(39-15-5-7-24-47-39)49-42(28-33)40-16-6-8-25-48-40/h1-28H. The fourth-order valence-electron chi connectivity index (χ4n) is 7.12. The number of para-hydroxylation sites is 1. The van der Waals surface area contributed by atoms with Crippen molar-refractivity contribution < 1.29 is 4.42 Å². The third kappa shape index (κ3) is 5.03. The SMILES string of the molecule is c1ccc(-c2cc(-c3ccc(-c4ccc5nc(-c6cccc7ccccc67)c6oc7ccccc7c6c5c4)cc3)cc(-c3ccccn3)n2)nc1. The Bertz CT molecular complexity index is 2840. The van der Waals surface area contributed by atoms with Crippen LogP contribution in [0.4, 0.5) is 0 Å². The van der Waals surface area contributed by atoms with Crippen LogP contribution in [0.15, 0.2) is 175 Å². The van der Waals surface area contributed by atoms with Crippen molar-refractivity contribution in [3.05, 3.63) is 170 Å². The predicted octanol–water partition coefficient (Wildman–Crippen LogP) is 11.8. The minimum absolute atomic E-state index is 0.803. The fraction of sp³-hybridized carbons (Fsp3) is 0. The van der Waals surface area contributed by atoms with Crippen molar-refractivity contribution in [3.8, 4) is 56.3 Å². The van der Waals surface area contributed by atoms with Gasteiger partial charge < -0.3 is 4.42 Å². The summed E-state index contributed by atoms with van der Waals surface area (Å²) < 4.78 is 6.61. The smallest absolute Gasteiger partial charge is 0.162 e. The van der Waals surface area contributed by atoms with Crippen LogP contribution in [0.3, 0.4) is 0 Å². The molecule has 0 bridgehead atoms. The molecule has 0 amide bonds. The predicted molar refractivity (Wildman–Crippen MR) is 207 cm³/mol. The summed E-state index contributed by atoms with van der Waals surface area (Å²) in [6, 6.07) is 54.3. The molecule has 0 aliphatic heterocycles. The van der Waals surface area contributed by atoms with Crippen LogP contribution in [0, 0.1) is 0 Å². The van der Waals surface area contributed by atoms with Gasteiger partial charge in [0.05, 0.1) is 28.3 Å². The van der Waals surface area contributed by atoms with Gasteiger partial charge >= 0.3 is 0 Å². The van der Waals surface area contributed by atoms with Crippen LogP contribution in [0.2, 0.25) is 0 Å². The maximum atomic E-state index is 6.61. The molecule has 0 aliphatic carbocycles. The zero-order valence-corrected chi connectivity index (χ0v) is 27.4. The van der Waals surface area contributed by atoms with E-state index in [9.17, 15) is 0 Å². The molecule has 0 saturated heterocycles. The number of fused-ring (bicyclic) bond motifs is 6. The maximum absolute atomic E-state index is 6.61. The van der Waals surface area contributed by atoms with Crippen molar-refractivity contribution in [3.63, 3.8) is 0 Å². The van der Waals surface area contributed by atoms with Gasteiger partial charge in [0.15, 0.2) is 5.58 Å². The number of hydrogen-bond acceptors (Lipinski definition) is 5. The average Bonchev–Trinajstić information content (AvgIpc) is 3.61. The molecular weight excluding hydrogens is 625 g/mol. The van der Waals surface area contributed by atoms with Gasteiger partial charge in [0.1, 0.15) is 11.3 Å². The number of hydrogen-bond donors (Lipinski definition) is 0. The monoisotopic (exact) mass is 652 g/mol. The van der Waals surface area contributed by atoms with E-state index < -0.39 is 0 Å². The third-order valence-electron chi connectivity index (χ3n) is 9.59. The molecule has 0 atom stereocenters. The number of pyridine rings is 4. The van der Waals surface area contributed by atoms with Crippen LogP contribution in [-0.2, 0) is 0 Å². The molecule has 0 aliphatic rings. The van der Waals surface area contributed by atoms with E-state index in [1.807, 2.05) is 48.5 Å². The second-order valence-electron chi connectivity index (χ2n) is 12.7. The number of furan rings is 1. The van der Waals surface area contributed by atoms with E-state index in [0.29, 0.717) is 0 Å². The molecule has 5 aromatic heterocycles. The Kier molecular flexibility index (Phi) is 6.74. The van der Waals surface area contributed by atoms with E-state index in [1.54, 1.807) is 12.4 Å². The fourth-order valence-corrected chi connectivity index (χ4v) is 7.12. The van der Waals surface area contributed by atoms with Crippen LogP contribution in [-0.4, -0.2) is 19.9 Å². The van der Waals surface area contributed by atoms with E-state index in [-0.39, 0.29) is 0 Å². The Balaban J connectivity index is 1.10. The molecule has 238 valence electrons. The topological polar surface area (TPSA) is 64.7 Å². The summed E-state index contributed by atoms with van der Waals surface area (Å²) in [5, 5.41) is 5.55. The number of benzene rings is 5. The van der Waals surface area contributed by atoms with Gasteiger partial charge in [-0.1, -0.05) is 103 Å². The lowest BCUT2D eigenvalue weighted by Gasteiger charge is -2.11. The highest BCUT2D eigenvalue weighted by Crippen LogP contribution is 2.42. The minimum Gasteiger partial charge on any atom is -0.454 e. The van der Waals surface area contributed by atoms with Crippen molar-refractivity contribution in [2.45, 2.75) is 0 Å². The molecule has 0 fully saturated rings. The lowest BCUT2D eigenvalue weighted by Crippen LogP contribution is -1.94. The van der Waals surface area contributed by atoms with Crippen LogP contribution in [0.5, 0.6) is 0 Å². The molecule has 0 saturated carbocycles. The summed E-state index contributed by atoms with van der Waals surface area (Å²) >= 11 is 0. The summed E-state index contributed by atoms with van der Waals surface area (Å²) in [5.74, 6) is 0. The van der Waals surface area contributed by atoms with Gasteiger partial charge in [0.2, 0.25) is 0 Å². The van der Waals surface area contributed by atoms with Crippen molar-refractivity contribution in [2.24, 2.45) is 0 Å². The van der Waals surface area contributed by atoms with E-state index in [4.69, 9.17) is 14.4 Å². The van der Waals surface area contributed by atoms with E-state index in [0.717, 1.165) is 94.5 Å². The van der Waals surface area contributed by atoms with Gasteiger partial charge in [0, 0.05) is 34.1 Å². The highest BCUT2D eigenvalue weighted by atomic mass is 16.3. The van der Waals surface area contributed by atoms with Crippen molar-refractivity contribution in [1.29, 1.82) is 0 Å². The molecule has 51 heavy (non-hydrogen) atoms. The number of nitrogens with zero attached hydrogens (tertiary/aromatic N) is 4. The number of aromatic nitrogens is 4. The summed E-state index contributed by atoms with van der Waals surface area (Å²) in [5.41, 5.74) is 12.1. The van der Waals surface area contributed by atoms with Gasteiger partial charge in [0.25, 0.3) is 0 Å². The van der Waals surface area contributed by atoms with Crippen LogP contribution in [0.25, 0.3) is 99.9 Å². The first-order valence-corrected chi connectivity index (χ1v) is 17.0. The summed E-state index contributed by atoms with van der Waals surface area (Å²) in [7, 11) is 0. The Morgan fingerprint density at radius 3 is 1.76 bits per heavy atom. The van der Waals surface area contributed by atoms with Crippen LogP contribution in [0.1, 0.15) is 0 Å². The molecule has 0 N–H and O–H groups in total. The molecule has 5 heterocycles. The van der Waals surface area contributed by atoms with Crippen molar-refractivity contribution in [1.82, 2.24) is 19.9 Å². The Hall–Kier alpha value is -6.98. The molecular formula is C46H28N4O. The van der Waals surface area contributed by atoms with Gasteiger partial charge in [-0.05, 0) is 87.6 Å². The molecule has 5 aromatic carbocycles. The first kappa shape index (κ1) is 29.0. The lowest BCUT2D eigenvalue weighted by atomic mass is 9.96. The second-order valence-corrected chi connectivity index (χ2v) is 12.7. The average molecular weight is 653 g/mol. The van der Waals surface area contributed by atoms with Gasteiger partial charge in [-0.3, -0.25) is 9.97 Å². The van der Waals surface area contributed by atoms with Gasteiger partial charge in [-0.15, -0.1) is 0 Å². The largest absolute Gasteiger partial charge is 0.454 e. The first-order valence-electron chi connectivity index (χ1n) is 17.0. The molecule has 5 nitrogen and oxygen atoms in total. The molecule has 10 rings (SSSR count). The molecule has 0 spiro atoms. The van der Waals surface area contributed by atoms with E-state index in [1.165, 1.54) is 5.39 Å². The lowest BCUT2D eigenvalue weighted by molar-refractivity contribution is 0.669.